The van der Waals surface area contributed by atoms with Crippen molar-refractivity contribution in [1.82, 2.24) is 20.0 Å². The first-order valence-electron chi connectivity index (χ1n) is 8.40. The highest BCUT2D eigenvalue weighted by atomic mass is 19.1. The lowest BCUT2D eigenvalue weighted by Gasteiger charge is -2.33. The minimum atomic E-state index is -0.530. The SMILES string of the molecule is Cc1nn(C)cc1C(=O)NC1CCCN(Cc2c(F)cccc2F)C1. The number of hydrogen-bond acceptors (Lipinski definition) is 3. The van der Waals surface area contributed by atoms with Gasteiger partial charge in [0.2, 0.25) is 0 Å². The second kappa shape index (κ2) is 7.31. The monoisotopic (exact) mass is 348 g/mol. The number of nitrogens with one attached hydrogen (secondary N) is 1. The van der Waals surface area contributed by atoms with Crippen molar-refractivity contribution in [2.24, 2.45) is 7.05 Å². The van der Waals surface area contributed by atoms with Gasteiger partial charge in [-0.05, 0) is 38.4 Å². The van der Waals surface area contributed by atoms with Gasteiger partial charge in [0.25, 0.3) is 5.91 Å². The fourth-order valence-electron chi connectivity index (χ4n) is 3.31. The molecule has 1 amide bonds. The summed E-state index contributed by atoms with van der Waals surface area (Å²) in [7, 11) is 1.77. The number of aromatic nitrogens is 2. The van der Waals surface area contributed by atoms with E-state index in [0.717, 1.165) is 19.4 Å². The third kappa shape index (κ3) is 4.04. The summed E-state index contributed by atoms with van der Waals surface area (Å²) in [6.07, 6.45) is 3.41. The second-order valence-electron chi connectivity index (χ2n) is 6.55. The minimum Gasteiger partial charge on any atom is -0.348 e. The van der Waals surface area contributed by atoms with Crippen molar-refractivity contribution in [2.45, 2.75) is 32.4 Å². The number of carbonyl (C=O) groups is 1. The smallest absolute Gasteiger partial charge is 0.255 e. The fraction of sp³-hybridized carbons (Fsp3) is 0.444. The van der Waals surface area contributed by atoms with Crippen LogP contribution >= 0.6 is 0 Å². The molecule has 2 aromatic rings. The summed E-state index contributed by atoms with van der Waals surface area (Å²) in [6.45, 7) is 3.32. The Bertz CT molecular complexity index is 754. The Morgan fingerprint density at radius 3 is 2.72 bits per heavy atom. The zero-order valence-electron chi connectivity index (χ0n) is 14.4. The summed E-state index contributed by atoms with van der Waals surface area (Å²) in [4.78, 5) is 14.4. The van der Waals surface area contributed by atoms with E-state index in [1.807, 2.05) is 4.90 Å². The van der Waals surface area contributed by atoms with Crippen LogP contribution in [-0.2, 0) is 13.6 Å². The van der Waals surface area contributed by atoms with E-state index < -0.39 is 11.6 Å². The van der Waals surface area contributed by atoms with Gasteiger partial charge < -0.3 is 5.32 Å². The molecule has 1 atom stereocenters. The molecule has 0 radical (unpaired) electrons. The summed E-state index contributed by atoms with van der Waals surface area (Å²) < 4.78 is 29.3. The summed E-state index contributed by atoms with van der Waals surface area (Å²) >= 11 is 0. The maximum Gasteiger partial charge on any atom is 0.255 e. The molecule has 1 aliphatic rings. The van der Waals surface area contributed by atoms with E-state index in [1.54, 1.807) is 24.9 Å². The number of rotatable bonds is 4. The van der Waals surface area contributed by atoms with Gasteiger partial charge in [0.05, 0.1) is 11.3 Å². The van der Waals surface area contributed by atoms with Gasteiger partial charge in [-0.25, -0.2) is 8.78 Å². The Morgan fingerprint density at radius 1 is 1.36 bits per heavy atom. The molecule has 5 nitrogen and oxygen atoms in total. The van der Waals surface area contributed by atoms with Crippen molar-refractivity contribution >= 4 is 5.91 Å². The Balaban J connectivity index is 1.63. The molecular weight excluding hydrogens is 326 g/mol. The number of hydrogen-bond donors (Lipinski definition) is 1. The van der Waals surface area contributed by atoms with E-state index in [1.165, 1.54) is 18.2 Å². The number of carbonyl (C=O) groups excluding carboxylic acids is 1. The lowest BCUT2D eigenvalue weighted by molar-refractivity contribution is 0.0899. The van der Waals surface area contributed by atoms with Crippen molar-refractivity contribution in [3.63, 3.8) is 0 Å². The van der Waals surface area contributed by atoms with Crippen LogP contribution in [0.5, 0.6) is 0 Å². The molecule has 0 bridgehead atoms. The molecule has 0 saturated carbocycles. The van der Waals surface area contributed by atoms with Gasteiger partial charge in [-0.15, -0.1) is 0 Å². The summed E-state index contributed by atoms with van der Waals surface area (Å²) in [5.74, 6) is -1.22. The molecule has 0 spiro atoms. The van der Waals surface area contributed by atoms with Crippen molar-refractivity contribution < 1.29 is 13.6 Å². The number of aryl methyl sites for hydroxylation is 2. The van der Waals surface area contributed by atoms with Gasteiger partial charge in [0.15, 0.2) is 0 Å². The molecule has 1 aliphatic heterocycles. The van der Waals surface area contributed by atoms with E-state index in [4.69, 9.17) is 0 Å². The van der Waals surface area contributed by atoms with Gasteiger partial charge in [-0.2, -0.15) is 5.10 Å². The molecule has 134 valence electrons. The fourth-order valence-corrected chi connectivity index (χ4v) is 3.31. The zero-order chi connectivity index (χ0) is 18.0. The lowest BCUT2D eigenvalue weighted by Crippen LogP contribution is -2.47. The van der Waals surface area contributed by atoms with Crippen molar-refractivity contribution in [2.75, 3.05) is 13.1 Å². The minimum absolute atomic E-state index is 0.0457. The Kier molecular flexibility index (Phi) is 5.13. The molecule has 1 aromatic carbocycles. The van der Waals surface area contributed by atoms with Crippen LogP contribution in [0.2, 0.25) is 0 Å². The van der Waals surface area contributed by atoms with E-state index in [0.29, 0.717) is 17.8 Å². The summed E-state index contributed by atoms with van der Waals surface area (Å²) in [6, 6.07) is 3.86. The van der Waals surface area contributed by atoms with Gasteiger partial charge in [-0.3, -0.25) is 14.4 Å². The first-order chi connectivity index (χ1) is 11.9. The average Bonchev–Trinajstić information content (AvgIpc) is 2.90. The first kappa shape index (κ1) is 17.5. The molecule has 1 saturated heterocycles. The molecule has 1 aromatic heterocycles. The molecular formula is C18H22F2N4O. The number of benzene rings is 1. The molecule has 25 heavy (non-hydrogen) atoms. The molecule has 1 fully saturated rings. The maximum atomic E-state index is 13.8. The van der Waals surface area contributed by atoms with Crippen LogP contribution < -0.4 is 5.32 Å². The van der Waals surface area contributed by atoms with Gasteiger partial charge in [0.1, 0.15) is 11.6 Å². The van der Waals surface area contributed by atoms with Crippen molar-refractivity contribution in [3.05, 3.63) is 52.9 Å². The van der Waals surface area contributed by atoms with Crippen molar-refractivity contribution in [1.29, 1.82) is 0 Å². The highest BCUT2D eigenvalue weighted by molar-refractivity contribution is 5.95. The molecule has 2 heterocycles. The van der Waals surface area contributed by atoms with Gasteiger partial charge in [0, 0.05) is 37.9 Å². The molecule has 7 heteroatoms. The number of amides is 1. The second-order valence-corrected chi connectivity index (χ2v) is 6.55. The summed E-state index contributed by atoms with van der Waals surface area (Å²) in [5.41, 5.74) is 1.32. The maximum absolute atomic E-state index is 13.8. The quantitative estimate of drug-likeness (QED) is 0.923. The van der Waals surface area contributed by atoms with E-state index in [-0.39, 0.29) is 24.1 Å². The van der Waals surface area contributed by atoms with E-state index in [2.05, 4.69) is 10.4 Å². The number of nitrogens with zero attached hydrogens (tertiary/aromatic N) is 3. The highest BCUT2D eigenvalue weighted by Crippen LogP contribution is 2.18. The summed E-state index contributed by atoms with van der Waals surface area (Å²) in [5, 5.41) is 7.19. The van der Waals surface area contributed by atoms with Crippen LogP contribution in [0.25, 0.3) is 0 Å². The largest absolute Gasteiger partial charge is 0.348 e. The topological polar surface area (TPSA) is 50.2 Å². The van der Waals surface area contributed by atoms with Crippen LogP contribution in [0, 0.1) is 18.6 Å². The highest BCUT2D eigenvalue weighted by Gasteiger charge is 2.24. The van der Waals surface area contributed by atoms with Crippen LogP contribution in [0.4, 0.5) is 8.78 Å². The molecule has 0 aliphatic carbocycles. The van der Waals surface area contributed by atoms with Crippen LogP contribution in [0.1, 0.15) is 34.5 Å². The standard InChI is InChI=1S/C18H22F2N4O/c1-12-14(10-23(2)22-12)18(25)21-13-5-4-8-24(9-13)11-15-16(19)6-3-7-17(15)20/h3,6-7,10,13H,4-5,8-9,11H2,1-2H3,(H,21,25). The third-order valence-corrected chi connectivity index (χ3v) is 4.54. The molecule has 1 unspecified atom stereocenters. The van der Waals surface area contributed by atoms with Gasteiger partial charge >= 0.3 is 0 Å². The Hall–Kier alpha value is -2.28. The number of likely N-dealkylation sites (tertiary alicyclic amines) is 1. The Morgan fingerprint density at radius 2 is 2.08 bits per heavy atom. The number of halogens is 2. The van der Waals surface area contributed by atoms with E-state index >= 15 is 0 Å². The van der Waals surface area contributed by atoms with Crippen LogP contribution in [0.3, 0.4) is 0 Å². The zero-order valence-corrected chi connectivity index (χ0v) is 14.4. The van der Waals surface area contributed by atoms with Crippen LogP contribution in [-0.4, -0.2) is 39.7 Å². The molecule has 1 N–H and O–H groups in total. The van der Waals surface area contributed by atoms with Crippen molar-refractivity contribution in [3.8, 4) is 0 Å². The third-order valence-electron chi connectivity index (χ3n) is 4.54. The first-order valence-corrected chi connectivity index (χ1v) is 8.40. The number of piperidine rings is 1. The predicted molar refractivity (Wildman–Crippen MR) is 90.1 cm³/mol. The van der Waals surface area contributed by atoms with Crippen LogP contribution in [0.15, 0.2) is 24.4 Å². The van der Waals surface area contributed by atoms with E-state index in [9.17, 15) is 13.6 Å². The van der Waals surface area contributed by atoms with Gasteiger partial charge in [-0.1, -0.05) is 6.07 Å². The molecule has 3 rings (SSSR count). The average molecular weight is 348 g/mol. The normalized spacial score (nSPS) is 18.3. The lowest BCUT2D eigenvalue weighted by atomic mass is 10.0. The predicted octanol–water partition coefficient (Wildman–Crippen LogP) is 2.40. The Labute approximate surface area is 145 Å².